The van der Waals surface area contributed by atoms with Crippen molar-refractivity contribution in [3.63, 3.8) is 0 Å². The van der Waals surface area contributed by atoms with Gasteiger partial charge in [-0.05, 0) is 25.3 Å². The van der Waals surface area contributed by atoms with Crippen molar-refractivity contribution in [1.29, 1.82) is 0 Å². The van der Waals surface area contributed by atoms with Gasteiger partial charge in [0, 0.05) is 11.7 Å². The number of carbonyl (C=O) groups is 2. The van der Waals surface area contributed by atoms with Gasteiger partial charge in [-0.1, -0.05) is 49.6 Å². The molecule has 0 spiro atoms. The fraction of sp³-hybridized carbons (Fsp3) is 0.450. The number of aromatic nitrogens is 2. The highest BCUT2D eigenvalue weighted by molar-refractivity contribution is 5.95. The second-order valence-electron chi connectivity index (χ2n) is 6.95. The Bertz CT molecular complexity index is 770. The van der Waals surface area contributed by atoms with E-state index in [0.717, 1.165) is 30.5 Å². The van der Waals surface area contributed by atoms with Crippen LogP contribution in [0.2, 0.25) is 0 Å². The standard InChI is InChI=1S/C20H25N3O3/c1-14-17(12-21-23(14)13-15-8-4-2-5-9-15)19(24)22-18-11-7-3-6-10-16(18)20(25)26/h2,4-5,8-9,12,16,18H,3,6-7,10-11,13H2,1H3,(H,22,24)(H,25,26)/t16-,18+/m1/s1. The average Bonchev–Trinajstić information content (AvgIpc) is 2.83. The predicted molar refractivity (Wildman–Crippen MR) is 98.0 cm³/mol. The van der Waals surface area contributed by atoms with E-state index in [-0.39, 0.29) is 11.9 Å². The van der Waals surface area contributed by atoms with Crippen LogP contribution in [0.5, 0.6) is 0 Å². The lowest BCUT2D eigenvalue weighted by Crippen LogP contribution is -2.43. The van der Waals surface area contributed by atoms with Crippen LogP contribution in [0, 0.1) is 12.8 Å². The topological polar surface area (TPSA) is 84.2 Å². The second kappa shape index (κ2) is 8.17. The van der Waals surface area contributed by atoms with Gasteiger partial charge in [0.05, 0.1) is 24.2 Å². The van der Waals surface area contributed by atoms with Gasteiger partial charge in [-0.25, -0.2) is 0 Å². The van der Waals surface area contributed by atoms with Crippen LogP contribution in [-0.2, 0) is 11.3 Å². The Kier molecular flexibility index (Phi) is 5.71. The Morgan fingerprint density at radius 3 is 2.65 bits per heavy atom. The van der Waals surface area contributed by atoms with Crippen molar-refractivity contribution in [2.24, 2.45) is 5.92 Å². The quantitative estimate of drug-likeness (QED) is 0.808. The van der Waals surface area contributed by atoms with E-state index in [9.17, 15) is 14.7 Å². The number of hydrogen-bond donors (Lipinski definition) is 2. The minimum absolute atomic E-state index is 0.236. The van der Waals surface area contributed by atoms with Crippen molar-refractivity contribution in [3.8, 4) is 0 Å². The summed E-state index contributed by atoms with van der Waals surface area (Å²) in [6.45, 7) is 2.47. The lowest BCUT2D eigenvalue weighted by Gasteiger charge is -2.22. The van der Waals surface area contributed by atoms with Gasteiger partial charge in [-0.2, -0.15) is 5.10 Å². The van der Waals surface area contributed by atoms with E-state index in [1.54, 1.807) is 10.9 Å². The number of aliphatic carboxylic acids is 1. The third-order valence-electron chi connectivity index (χ3n) is 5.17. The number of amides is 1. The number of carboxylic acids is 1. The lowest BCUT2D eigenvalue weighted by atomic mass is 9.94. The van der Waals surface area contributed by atoms with Gasteiger partial charge in [0.1, 0.15) is 0 Å². The number of nitrogens with zero attached hydrogens (tertiary/aromatic N) is 2. The van der Waals surface area contributed by atoms with Crippen molar-refractivity contribution in [2.45, 2.75) is 51.6 Å². The largest absolute Gasteiger partial charge is 0.481 e. The highest BCUT2D eigenvalue weighted by Gasteiger charge is 2.31. The molecular formula is C20H25N3O3. The van der Waals surface area contributed by atoms with E-state index >= 15 is 0 Å². The zero-order chi connectivity index (χ0) is 18.5. The first kappa shape index (κ1) is 18.2. The van der Waals surface area contributed by atoms with Crippen LogP contribution >= 0.6 is 0 Å². The Morgan fingerprint density at radius 1 is 1.19 bits per heavy atom. The molecule has 138 valence electrons. The molecule has 6 nitrogen and oxygen atoms in total. The molecule has 2 atom stereocenters. The number of benzene rings is 1. The molecule has 1 amide bonds. The van der Waals surface area contributed by atoms with Crippen LogP contribution in [0.4, 0.5) is 0 Å². The Hall–Kier alpha value is -2.63. The van der Waals surface area contributed by atoms with E-state index in [4.69, 9.17) is 0 Å². The highest BCUT2D eigenvalue weighted by Crippen LogP contribution is 2.24. The van der Waals surface area contributed by atoms with E-state index in [1.165, 1.54) is 0 Å². The summed E-state index contributed by atoms with van der Waals surface area (Å²) >= 11 is 0. The van der Waals surface area contributed by atoms with Crippen molar-refractivity contribution in [2.75, 3.05) is 0 Å². The van der Waals surface area contributed by atoms with E-state index < -0.39 is 11.9 Å². The molecule has 1 heterocycles. The molecule has 1 fully saturated rings. The summed E-state index contributed by atoms with van der Waals surface area (Å²) in [6, 6.07) is 9.62. The zero-order valence-corrected chi connectivity index (χ0v) is 15.0. The molecular weight excluding hydrogens is 330 g/mol. The number of hydrogen-bond acceptors (Lipinski definition) is 3. The molecule has 6 heteroatoms. The Balaban J connectivity index is 1.72. The smallest absolute Gasteiger partial charge is 0.308 e. The predicted octanol–water partition coefficient (Wildman–Crippen LogP) is 3.00. The van der Waals surface area contributed by atoms with Crippen LogP contribution in [0.3, 0.4) is 0 Å². The minimum Gasteiger partial charge on any atom is -0.481 e. The number of carboxylic acid groups (broad SMARTS) is 1. The summed E-state index contributed by atoms with van der Waals surface area (Å²) in [4.78, 5) is 24.3. The zero-order valence-electron chi connectivity index (χ0n) is 15.0. The molecule has 0 aliphatic heterocycles. The number of rotatable bonds is 5. The summed E-state index contributed by atoms with van der Waals surface area (Å²) in [5, 5.41) is 16.8. The first-order valence-electron chi connectivity index (χ1n) is 9.16. The molecule has 1 saturated carbocycles. The van der Waals surface area contributed by atoms with Crippen LogP contribution in [-0.4, -0.2) is 32.8 Å². The van der Waals surface area contributed by atoms with Crippen LogP contribution in [0.1, 0.15) is 53.7 Å². The maximum Gasteiger partial charge on any atom is 0.308 e. The third-order valence-corrected chi connectivity index (χ3v) is 5.17. The van der Waals surface area contributed by atoms with Crippen LogP contribution in [0.25, 0.3) is 0 Å². The second-order valence-corrected chi connectivity index (χ2v) is 6.95. The van der Waals surface area contributed by atoms with Crippen LogP contribution < -0.4 is 5.32 Å². The summed E-state index contributed by atoms with van der Waals surface area (Å²) in [7, 11) is 0. The van der Waals surface area contributed by atoms with Crippen molar-refractivity contribution in [1.82, 2.24) is 15.1 Å². The van der Waals surface area contributed by atoms with Crippen LogP contribution in [0.15, 0.2) is 36.5 Å². The van der Waals surface area contributed by atoms with Gasteiger partial charge in [0.15, 0.2) is 0 Å². The number of nitrogens with one attached hydrogen (secondary N) is 1. The molecule has 2 N–H and O–H groups in total. The molecule has 1 aromatic carbocycles. The molecule has 1 aliphatic carbocycles. The Labute approximate surface area is 153 Å². The van der Waals surface area contributed by atoms with Gasteiger partial charge in [-0.15, -0.1) is 0 Å². The Morgan fingerprint density at radius 2 is 1.92 bits per heavy atom. The maximum absolute atomic E-state index is 12.7. The van der Waals surface area contributed by atoms with Gasteiger partial charge in [0.25, 0.3) is 5.91 Å². The van der Waals surface area contributed by atoms with Gasteiger partial charge < -0.3 is 10.4 Å². The van der Waals surface area contributed by atoms with Crippen molar-refractivity contribution >= 4 is 11.9 Å². The SMILES string of the molecule is Cc1c(C(=O)N[C@H]2CCCCC[C@H]2C(=O)O)cnn1Cc1ccccc1. The molecule has 0 saturated heterocycles. The minimum atomic E-state index is -0.825. The summed E-state index contributed by atoms with van der Waals surface area (Å²) in [6.07, 6.45) is 5.76. The fourth-order valence-electron chi connectivity index (χ4n) is 3.61. The summed E-state index contributed by atoms with van der Waals surface area (Å²) in [5.41, 5.74) is 2.40. The molecule has 26 heavy (non-hydrogen) atoms. The normalized spacial score (nSPS) is 20.3. The van der Waals surface area contributed by atoms with E-state index in [2.05, 4.69) is 10.4 Å². The van der Waals surface area contributed by atoms with E-state index in [0.29, 0.717) is 24.9 Å². The van der Waals surface area contributed by atoms with Gasteiger partial charge in [-0.3, -0.25) is 14.3 Å². The number of carbonyl (C=O) groups excluding carboxylic acids is 1. The molecule has 0 bridgehead atoms. The molecule has 2 aromatic rings. The maximum atomic E-state index is 12.7. The van der Waals surface area contributed by atoms with Crippen molar-refractivity contribution < 1.29 is 14.7 Å². The van der Waals surface area contributed by atoms with Gasteiger partial charge >= 0.3 is 5.97 Å². The molecule has 0 unspecified atom stereocenters. The monoisotopic (exact) mass is 355 g/mol. The summed E-state index contributed by atoms with van der Waals surface area (Å²) < 4.78 is 1.80. The average molecular weight is 355 g/mol. The van der Waals surface area contributed by atoms with Gasteiger partial charge in [0.2, 0.25) is 0 Å². The lowest BCUT2D eigenvalue weighted by molar-refractivity contribution is -0.142. The van der Waals surface area contributed by atoms with E-state index in [1.807, 2.05) is 37.3 Å². The first-order chi connectivity index (χ1) is 12.6. The first-order valence-corrected chi connectivity index (χ1v) is 9.16. The molecule has 1 aromatic heterocycles. The fourth-order valence-corrected chi connectivity index (χ4v) is 3.61. The highest BCUT2D eigenvalue weighted by atomic mass is 16.4. The molecule has 1 aliphatic rings. The summed E-state index contributed by atoms with van der Waals surface area (Å²) in [5.74, 6) is -1.57. The third kappa shape index (κ3) is 4.12. The molecule has 3 rings (SSSR count). The van der Waals surface area contributed by atoms with Crippen molar-refractivity contribution in [3.05, 3.63) is 53.3 Å². The molecule has 0 radical (unpaired) electrons.